The molecule has 0 amide bonds. The first kappa shape index (κ1) is 18.9. The largest absolute Gasteiger partial charge is 0.498 e. The predicted molar refractivity (Wildman–Crippen MR) is 100 cm³/mol. The van der Waals surface area contributed by atoms with Gasteiger partial charge in [-0.15, -0.1) is 0 Å². The Kier molecular flexibility index (Phi) is 9.15. The van der Waals surface area contributed by atoms with E-state index in [-0.39, 0.29) is 0 Å². The Morgan fingerprint density at radius 3 is 2.43 bits per heavy atom. The van der Waals surface area contributed by atoms with Crippen molar-refractivity contribution in [2.75, 3.05) is 0 Å². The van der Waals surface area contributed by atoms with E-state index in [4.69, 9.17) is 4.74 Å². The third-order valence-corrected chi connectivity index (χ3v) is 6.29. The summed E-state index contributed by atoms with van der Waals surface area (Å²) in [6, 6.07) is 0. The van der Waals surface area contributed by atoms with Crippen LogP contribution in [0.1, 0.15) is 104 Å². The van der Waals surface area contributed by atoms with Crippen molar-refractivity contribution in [3.63, 3.8) is 0 Å². The molecule has 2 rings (SSSR count). The van der Waals surface area contributed by atoms with E-state index < -0.39 is 0 Å². The van der Waals surface area contributed by atoms with Crippen molar-refractivity contribution in [3.8, 4) is 0 Å². The number of unbranched alkanes of at least 4 members (excludes halogenated alkanes) is 3. The molecule has 0 aliphatic heterocycles. The Morgan fingerprint density at radius 1 is 0.870 bits per heavy atom. The van der Waals surface area contributed by atoms with Gasteiger partial charge in [-0.25, -0.2) is 0 Å². The summed E-state index contributed by atoms with van der Waals surface area (Å²) in [5.74, 6) is 3.00. The summed E-state index contributed by atoms with van der Waals surface area (Å²) in [6.45, 7) is 4.48. The zero-order valence-corrected chi connectivity index (χ0v) is 15.8. The van der Waals surface area contributed by atoms with Gasteiger partial charge in [-0.3, -0.25) is 0 Å². The second-order valence-electron chi connectivity index (χ2n) is 8.09. The lowest BCUT2D eigenvalue weighted by Gasteiger charge is -2.38. The van der Waals surface area contributed by atoms with Crippen molar-refractivity contribution in [1.29, 1.82) is 0 Å². The van der Waals surface area contributed by atoms with Crippen LogP contribution >= 0.6 is 0 Å². The van der Waals surface area contributed by atoms with Crippen LogP contribution in [0.2, 0.25) is 0 Å². The van der Waals surface area contributed by atoms with E-state index in [1.165, 1.54) is 83.5 Å². The molecule has 2 aliphatic carbocycles. The highest BCUT2D eigenvalue weighted by molar-refractivity contribution is 4.84. The SMILES string of the molecule is CC/C=C/OC1CCCC(C2CCC(CCCCCC)CC2)C1. The van der Waals surface area contributed by atoms with Crippen LogP contribution in [0.3, 0.4) is 0 Å². The van der Waals surface area contributed by atoms with Crippen molar-refractivity contribution in [3.05, 3.63) is 12.3 Å². The number of allylic oxidation sites excluding steroid dienone is 1. The molecule has 2 aliphatic rings. The number of hydrogen-bond donors (Lipinski definition) is 0. The van der Waals surface area contributed by atoms with Gasteiger partial charge in [0.15, 0.2) is 0 Å². The van der Waals surface area contributed by atoms with Gasteiger partial charge in [0, 0.05) is 0 Å². The standard InChI is InChI=1S/C22H40O/c1-3-5-7-8-10-19-13-15-20(16-14-19)21-11-9-12-22(18-21)23-17-6-4-2/h6,17,19-22H,3-5,7-16,18H2,1-2H3/b17-6+. The zero-order valence-electron chi connectivity index (χ0n) is 15.8. The van der Waals surface area contributed by atoms with Crippen LogP contribution in [0.15, 0.2) is 12.3 Å². The second kappa shape index (κ2) is 11.2. The summed E-state index contributed by atoms with van der Waals surface area (Å²) in [5.41, 5.74) is 0. The Bertz CT molecular complexity index is 314. The molecule has 2 fully saturated rings. The molecule has 1 nitrogen and oxygen atoms in total. The Labute approximate surface area is 145 Å². The maximum Gasteiger partial charge on any atom is 0.0981 e. The summed E-state index contributed by atoms with van der Waals surface area (Å²) >= 11 is 0. The van der Waals surface area contributed by atoms with E-state index in [9.17, 15) is 0 Å². The summed E-state index contributed by atoms with van der Waals surface area (Å²) < 4.78 is 5.96. The molecule has 134 valence electrons. The van der Waals surface area contributed by atoms with Gasteiger partial charge in [0.2, 0.25) is 0 Å². The molecule has 0 heterocycles. The molecule has 0 aromatic carbocycles. The molecular formula is C22H40O. The van der Waals surface area contributed by atoms with Crippen molar-refractivity contribution < 1.29 is 4.74 Å². The average Bonchev–Trinajstić information content (AvgIpc) is 2.60. The van der Waals surface area contributed by atoms with Crippen LogP contribution < -0.4 is 0 Å². The fourth-order valence-electron chi connectivity index (χ4n) is 4.80. The first-order chi connectivity index (χ1) is 11.3. The second-order valence-corrected chi connectivity index (χ2v) is 8.09. The van der Waals surface area contributed by atoms with Gasteiger partial charge in [0.05, 0.1) is 12.4 Å². The van der Waals surface area contributed by atoms with E-state index in [2.05, 4.69) is 19.9 Å². The molecule has 0 spiro atoms. The van der Waals surface area contributed by atoms with Crippen LogP contribution in [0, 0.1) is 17.8 Å². The molecule has 0 N–H and O–H groups in total. The number of hydrogen-bond acceptors (Lipinski definition) is 1. The van der Waals surface area contributed by atoms with Crippen molar-refractivity contribution in [2.45, 2.75) is 110 Å². The zero-order chi connectivity index (χ0) is 16.3. The van der Waals surface area contributed by atoms with Gasteiger partial charge < -0.3 is 4.74 Å². The first-order valence-corrected chi connectivity index (χ1v) is 10.6. The Balaban J connectivity index is 1.65. The minimum Gasteiger partial charge on any atom is -0.498 e. The van der Waals surface area contributed by atoms with Gasteiger partial charge >= 0.3 is 0 Å². The predicted octanol–water partition coefficient (Wildman–Crippen LogP) is 7.26. The van der Waals surface area contributed by atoms with Crippen LogP contribution in [0.5, 0.6) is 0 Å². The molecule has 0 radical (unpaired) electrons. The van der Waals surface area contributed by atoms with Gasteiger partial charge in [0.25, 0.3) is 0 Å². The van der Waals surface area contributed by atoms with Gasteiger partial charge in [0.1, 0.15) is 0 Å². The lowest BCUT2D eigenvalue weighted by Crippen LogP contribution is -2.29. The normalized spacial score (nSPS) is 32.3. The molecule has 2 saturated carbocycles. The van der Waals surface area contributed by atoms with Crippen molar-refractivity contribution in [2.24, 2.45) is 17.8 Å². The maximum absolute atomic E-state index is 5.96. The smallest absolute Gasteiger partial charge is 0.0981 e. The van der Waals surface area contributed by atoms with Crippen LogP contribution in [-0.4, -0.2) is 6.10 Å². The summed E-state index contributed by atoms with van der Waals surface area (Å²) in [7, 11) is 0. The highest BCUT2D eigenvalue weighted by Gasteiger charge is 2.31. The topological polar surface area (TPSA) is 9.23 Å². The molecule has 0 aromatic heterocycles. The Morgan fingerprint density at radius 2 is 1.70 bits per heavy atom. The van der Waals surface area contributed by atoms with E-state index in [1.54, 1.807) is 0 Å². The van der Waals surface area contributed by atoms with Crippen LogP contribution in [0.4, 0.5) is 0 Å². The third-order valence-electron chi connectivity index (χ3n) is 6.29. The molecular weight excluding hydrogens is 280 g/mol. The lowest BCUT2D eigenvalue weighted by atomic mass is 9.70. The molecule has 2 unspecified atom stereocenters. The monoisotopic (exact) mass is 320 g/mol. The molecule has 0 bridgehead atoms. The van der Waals surface area contributed by atoms with E-state index in [1.807, 2.05) is 6.26 Å². The highest BCUT2D eigenvalue weighted by Crippen LogP contribution is 2.41. The van der Waals surface area contributed by atoms with E-state index >= 15 is 0 Å². The molecule has 0 saturated heterocycles. The minimum atomic E-state index is 0.503. The van der Waals surface area contributed by atoms with Crippen LogP contribution in [-0.2, 0) is 4.74 Å². The molecule has 23 heavy (non-hydrogen) atoms. The Hall–Kier alpha value is -0.460. The van der Waals surface area contributed by atoms with Crippen molar-refractivity contribution in [1.82, 2.24) is 0 Å². The van der Waals surface area contributed by atoms with Gasteiger partial charge in [-0.05, 0) is 62.7 Å². The fraction of sp³-hybridized carbons (Fsp3) is 0.909. The minimum absolute atomic E-state index is 0.503. The summed E-state index contributed by atoms with van der Waals surface area (Å²) in [6.07, 6.45) is 24.4. The van der Waals surface area contributed by atoms with Crippen LogP contribution in [0.25, 0.3) is 0 Å². The van der Waals surface area contributed by atoms with E-state index in [0.717, 1.165) is 24.2 Å². The quantitative estimate of drug-likeness (QED) is 0.321. The van der Waals surface area contributed by atoms with Crippen molar-refractivity contribution >= 4 is 0 Å². The number of rotatable bonds is 9. The molecule has 1 heteroatoms. The highest BCUT2D eigenvalue weighted by atomic mass is 16.5. The first-order valence-electron chi connectivity index (χ1n) is 10.6. The lowest BCUT2D eigenvalue weighted by molar-refractivity contribution is 0.0510. The number of ether oxygens (including phenoxy) is 1. The summed E-state index contributed by atoms with van der Waals surface area (Å²) in [4.78, 5) is 0. The average molecular weight is 321 g/mol. The third kappa shape index (κ3) is 6.89. The summed E-state index contributed by atoms with van der Waals surface area (Å²) in [5, 5.41) is 0. The molecule has 0 aromatic rings. The van der Waals surface area contributed by atoms with Gasteiger partial charge in [-0.1, -0.05) is 64.9 Å². The van der Waals surface area contributed by atoms with E-state index in [0.29, 0.717) is 6.10 Å². The molecule has 2 atom stereocenters. The van der Waals surface area contributed by atoms with Gasteiger partial charge in [-0.2, -0.15) is 0 Å². The maximum atomic E-state index is 5.96. The fourth-order valence-corrected chi connectivity index (χ4v) is 4.80.